The van der Waals surface area contributed by atoms with E-state index in [1.54, 1.807) is 0 Å². The zero-order valence-corrected chi connectivity index (χ0v) is 5.11. The van der Waals surface area contributed by atoms with Gasteiger partial charge in [-0.3, -0.25) is 0 Å². The minimum Gasteiger partial charge on any atom is -0.360 e. The molecule has 0 radical (unpaired) electrons. The third-order valence-corrected chi connectivity index (χ3v) is 1.23. The SMILES string of the molecule is c1c[nH]c(-c2conn2)c1. The monoisotopic (exact) mass is 135 g/mol. The van der Waals surface area contributed by atoms with Gasteiger partial charge in [0.1, 0.15) is 0 Å². The van der Waals surface area contributed by atoms with Gasteiger partial charge in [-0.05, 0) is 12.1 Å². The fraction of sp³-hybridized carbons (Fsp3) is 0. The summed E-state index contributed by atoms with van der Waals surface area (Å²) in [5.41, 5.74) is 1.64. The maximum absolute atomic E-state index is 4.56. The van der Waals surface area contributed by atoms with Crippen LogP contribution in [0.3, 0.4) is 0 Å². The van der Waals surface area contributed by atoms with Crippen LogP contribution in [0.25, 0.3) is 11.4 Å². The standard InChI is InChI=1S/C6H5N3O/c1-2-5(7-3-1)6-4-10-9-8-6/h1-4,7H. The molecule has 0 saturated carbocycles. The molecule has 2 rings (SSSR count). The molecule has 0 aliphatic rings. The summed E-state index contributed by atoms with van der Waals surface area (Å²) in [6.45, 7) is 0. The lowest BCUT2D eigenvalue weighted by atomic mass is 10.3. The van der Waals surface area contributed by atoms with Crippen molar-refractivity contribution in [3.8, 4) is 11.4 Å². The van der Waals surface area contributed by atoms with Gasteiger partial charge in [0.25, 0.3) is 0 Å². The van der Waals surface area contributed by atoms with Crippen molar-refractivity contribution >= 4 is 0 Å². The van der Waals surface area contributed by atoms with Gasteiger partial charge in [-0.25, -0.2) is 0 Å². The van der Waals surface area contributed by atoms with Gasteiger partial charge < -0.3 is 9.51 Å². The first kappa shape index (κ1) is 5.22. The first-order valence-corrected chi connectivity index (χ1v) is 2.87. The van der Waals surface area contributed by atoms with Crippen LogP contribution in [-0.4, -0.2) is 15.4 Å². The highest BCUT2D eigenvalue weighted by Gasteiger charge is 1.99. The van der Waals surface area contributed by atoms with Crippen molar-refractivity contribution in [2.24, 2.45) is 0 Å². The predicted molar refractivity (Wildman–Crippen MR) is 34.1 cm³/mol. The maximum Gasteiger partial charge on any atom is 0.153 e. The Labute approximate surface area is 56.9 Å². The molecule has 10 heavy (non-hydrogen) atoms. The van der Waals surface area contributed by atoms with Crippen molar-refractivity contribution in [2.45, 2.75) is 0 Å². The first-order valence-electron chi connectivity index (χ1n) is 2.87. The molecule has 0 bridgehead atoms. The number of nitrogens with zero attached hydrogens (tertiary/aromatic N) is 2. The van der Waals surface area contributed by atoms with E-state index in [0.717, 1.165) is 11.4 Å². The molecule has 0 atom stereocenters. The minimum atomic E-state index is 0.727. The second-order valence-electron chi connectivity index (χ2n) is 1.87. The van der Waals surface area contributed by atoms with Crippen molar-refractivity contribution in [3.63, 3.8) is 0 Å². The van der Waals surface area contributed by atoms with Crippen molar-refractivity contribution in [1.29, 1.82) is 0 Å². The average molecular weight is 135 g/mol. The van der Waals surface area contributed by atoms with Gasteiger partial charge in [-0.1, -0.05) is 0 Å². The third-order valence-electron chi connectivity index (χ3n) is 1.23. The van der Waals surface area contributed by atoms with Crippen LogP contribution >= 0.6 is 0 Å². The third kappa shape index (κ3) is 0.699. The molecule has 0 aromatic carbocycles. The quantitative estimate of drug-likeness (QED) is 0.636. The molecule has 2 aromatic rings. The summed E-state index contributed by atoms with van der Waals surface area (Å²) in [6, 6.07) is 3.80. The number of H-pyrrole nitrogens is 1. The van der Waals surface area contributed by atoms with Crippen LogP contribution in [0.4, 0.5) is 0 Å². The Bertz CT molecular complexity index is 252. The van der Waals surface area contributed by atoms with Gasteiger partial charge in [0.05, 0.1) is 5.69 Å². The second kappa shape index (κ2) is 1.98. The fourth-order valence-corrected chi connectivity index (χ4v) is 0.772. The van der Waals surface area contributed by atoms with E-state index in [2.05, 4.69) is 19.9 Å². The molecular weight excluding hydrogens is 130 g/mol. The van der Waals surface area contributed by atoms with Gasteiger partial charge in [0.2, 0.25) is 0 Å². The Balaban J connectivity index is 2.48. The summed E-state index contributed by atoms with van der Waals surface area (Å²) < 4.78 is 4.56. The molecule has 2 heterocycles. The lowest BCUT2D eigenvalue weighted by Crippen LogP contribution is -1.74. The van der Waals surface area contributed by atoms with E-state index in [1.807, 2.05) is 18.3 Å². The van der Waals surface area contributed by atoms with Crippen LogP contribution in [0.1, 0.15) is 0 Å². The Kier molecular flexibility index (Phi) is 1.04. The van der Waals surface area contributed by atoms with Gasteiger partial charge in [-0.2, -0.15) is 0 Å². The Morgan fingerprint density at radius 2 is 2.50 bits per heavy atom. The Morgan fingerprint density at radius 3 is 3.10 bits per heavy atom. The molecule has 4 heteroatoms. The number of nitrogens with one attached hydrogen (secondary N) is 1. The van der Waals surface area contributed by atoms with Crippen LogP contribution in [0, 0.1) is 0 Å². The number of aromatic nitrogens is 3. The number of aromatic amines is 1. The summed E-state index contributed by atoms with van der Waals surface area (Å²) >= 11 is 0. The molecule has 0 unspecified atom stereocenters. The van der Waals surface area contributed by atoms with Crippen molar-refractivity contribution in [1.82, 2.24) is 15.4 Å². The van der Waals surface area contributed by atoms with E-state index in [4.69, 9.17) is 0 Å². The molecule has 0 spiro atoms. The normalized spacial score (nSPS) is 10.0. The molecule has 0 saturated heterocycles. The predicted octanol–water partition coefficient (Wildman–Crippen LogP) is 1.06. The molecule has 0 amide bonds. The second-order valence-corrected chi connectivity index (χ2v) is 1.87. The van der Waals surface area contributed by atoms with Crippen molar-refractivity contribution < 1.29 is 4.52 Å². The summed E-state index contributed by atoms with van der Waals surface area (Å²) in [7, 11) is 0. The van der Waals surface area contributed by atoms with Crippen LogP contribution in [-0.2, 0) is 0 Å². The molecule has 0 aliphatic carbocycles. The lowest BCUT2D eigenvalue weighted by molar-refractivity contribution is 0.393. The minimum absolute atomic E-state index is 0.727. The smallest absolute Gasteiger partial charge is 0.153 e. The molecule has 0 aliphatic heterocycles. The van der Waals surface area contributed by atoms with Crippen molar-refractivity contribution in [3.05, 3.63) is 24.6 Å². The van der Waals surface area contributed by atoms with Crippen molar-refractivity contribution in [2.75, 3.05) is 0 Å². The fourth-order valence-electron chi connectivity index (χ4n) is 0.772. The molecular formula is C6H5N3O. The molecule has 4 nitrogen and oxygen atoms in total. The first-order chi connectivity index (χ1) is 4.97. The molecule has 1 N–H and O–H groups in total. The van der Waals surface area contributed by atoms with E-state index in [1.165, 1.54) is 6.26 Å². The van der Waals surface area contributed by atoms with E-state index in [-0.39, 0.29) is 0 Å². The number of hydrogen-bond donors (Lipinski definition) is 1. The Hall–Kier alpha value is -1.58. The topological polar surface area (TPSA) is 54.7 Å². The summed E-state index contributed by atoms with van der Waals surface area (Å²) in [5, 5.41) is 7.04. The van der Waals surface area contributed by atoms with Gasteiger partial charge in [0.15, 0.2) is 12.0 Å². The Morgan fingerprint density at radius 1 is 1.50 bits per heavy atom. The van der Waals surface area contributed by atoms with Crippen LogP contribution in [0.15, 0.2) is 29.1 Å². The van der Waals surface area contributed by atoms with Gasteiger partial charge in [-0.15, -0.1) is 5.10 Å². The highest BCUT2D eigenvalue weighted by molar-refractivity contribution is 5.51. The molecule has 50 valence electrons. The molecule has 2 aromatic heterocycles. The van der Waals surface area contributed by atoms with E-state index < -0.39 is 0 Å². The average Bonchev–Trinajstić information content (AvgIpc) is 2.59. The highest BCUT2D eigenvalue weighted by atomic mass is 16.5. The summed E-state index contributed by atoms with van der Waals surface area (Å²) in [5.74, 6) is 0. The summed E-state index contributed by atoms with van der Waals surface area (Å²) in [4.78, 5) is 2.98. The molecule has 0 fully saturated rings. The van der Waals surface area contributed by atoms with E-state index >= 15 is 0 Å². The van der Waals surface area contributed by atoms with Gasteiger partial charge >= 0.3 is 0 Å². The summed E-state index contributed by atoms with van der Waals surface area (Å²) in [6.07, 6.45) is 3.32. The lowest BCUT2D eigenvalue weighted by Gasteiger charge is -1.82. The van der Waals surface area contributed by atoms with E-state index in [0.29, 0.717) is 0 Å². The van der Waals surface area contributed by atoms with Crippen LogP contribution in [0.5, 0.6) is 0 Å². The van der Waals surface area contributed by atoms with E-state index in [9.17, 15) is 0 Å². The zero-order chi connectivity index (χ0) is 6.81. The number of rotatable bonds is 1. The maximum atomic E-state index is 4.56. The zero-order valence-electron chi connectivity index (χ0n) is 5.11. The van der Waals surface area contributed by atoms with Gasteiger partial charge in [0, 0.05) is 11.5 Å². The highest BCUT2D eigenvalue weighted by Crippen LogP contribution is 2.11. The van der Waals surface area contributed by atoms with Crippen LogP contribution < -0.4 is 0 Å². The largest absolute Gasteiger partial charge is 0.360 e. The number of hydrogen-bond acceptors (Lipinski definition) is 3. The van der Waals surface area contributed by atoms with Crippen LogP contribution in [0.2, 0.25) is 0 Å².